The lowest BCUT2D eigenvalue weighted by Crippen LogP contribution is -2.54. The van der Waals surface area contributed by atoms with Gasteiger partial charge >= 0.3 is 0 Å². The lowest BCUT2D eigenvalue weighted by molar-refractivity contribution is -0.137. The van der Waals surface area contributed by atoms with E-state index >= 15 is 0 Å². The topological polar surface area (TPSA) is 35.6 Å². The molecule has 2 heterocycles. The first-order valence-corrected chi connectivity index (χ1v) is 7.87. The van der Waals surface area contributed by atoms with E-state index in [1.807, 2.05) is 0 Å². The molecule has 1 saturated carbocycles. The van der Waals surface area contributed by atoms with Gasteiger partial charge in [0.1, 0.15) is 0 Å². The molecular formula is C15H27N3O. The van der Waals surface area contributed by atoms with Crippen LogP contribution in [0.25, 0.3) is 0 Å². The highest BCUT2D eigenvalue weighted by Crippen LogP contribution is 2.50. The lowest BCUT2D eigenvalue weighted by Gasteiger charge is -2.37. The normalized spacial score (nSPS) is 32.3. The molecular weight excluding hydrogens is 238 g/mol. The Morgan fingerprint density at radius 3 is 2.58 bits per heavy atom. The molecule has 2 unspecified atom stereocenters. The molecule has 3 aliphatic rings. The second-order valence-corrected chi connectivity index (χ2v) is 6.80. The van der Waals surface area contributed by atoms with E-state index in [2.05, 4.69) is 29.0 Å². The molecule has 4 heteroatoms. The highest BCUT2D eigenvalue weighted by molar-refractivity contribution is 5.82. The van der Waals surface area contributed by atoms with E-state index in [1.54, 1.807) is 0 Å². The first-order valence-electron chi connectivity index (χ1n) is 7.87. The van der Waals surface area contributed by atoms with E-state index in [0.29, 0.717) is 17.4 Å². The van der Waals surface area contributed by atoms with Crippen LogP contribution in [0.2, 0.25) is 0 Å². The van der Waals surface area contributed by atoms with Gasteiger partial charge in [-0.15, -0.1) is 0 Å². The quantitative estimate of drug-likeness (QED) is 0.829. The van der Waals surface area contributed by atoms with Crippen molar-refractivity contribution in [3.8, 4) is 0 Å². The van der Waals surface area contributed by atoms with Crippen LogP contribution < -0.4 is 5.32 Å². The minimum atomic E-state index is 0.158. The standard InChI is InChI=1S/C15H27N3O/c1-12(15(2)5-6-15)18-9-3-4-13(18)14(19)17-10-7-16-8-11-17/h12-13,16H,3-11H2,1-2H3. The zero-order valence-electron chi connectivity index (χ0n) is 12.3. The first kappa shape index (κ1) is 13.4. The number of carbonyl (C=O) groups is 1. The fourth-order valence-corrected chi connectivity index (χ4v) is 3.63. The van der Waals surface area contributed by atoms with Crippen LogP contribution in [0.5, 0.6) is 0 Å². The van der Waals surface area contributed by atoms with Crippen molar-refractivity contribution < 1.29 is 4.79 Å². The molecule has 2 aliphatic heterocycles. The van der Waals surface area contributed by atoms with Gasteiger partial charge in [0, 0.05) is 32.2 Å². The Morgan fingerprint density at radius 1 is 1.26 bits per heavy atom. The molecule has 0 spiro atoms. The zero-order valence-corrected chi connectivity index (χ0v) is 12.3. The summed E-state index contributed by atoms with van der Waals surface area (Å²) in [7, 11) is 0. The van der Waals surface area contributed by atoms with Gasteiger partial charge in [0.2, 0.25) is 5.91 Å². The van der Waals surface area contributed by atoms with Gasteiger partial charge in [-0.2, -0.15) is 0 Å². The number of amides is 1. The summed E-state index contributed by atoms with van der Waals surface area (Å²) in [6, 6.07) is 0.720. The van der Waals surface area contributed by atoms with Gasteiger partial charge in [0.15, 0.2) is 0 Å². The van der Waals surface area contributed by atoms with Crippen molar-refractivity contribution in [1.82, 2.24) is 15.1 Å². The molecule has 0 aromatic carbocycles. The second kappa shape index (κ2) is 5.06. The number of piperazine rings is 1. The van der Waals surface area contributed by atoms with Crippen molar-refractivity contribution in [2.45, 2.75) is 51.6 Å². The summed E-state index contributed by atoms with van der Waals surface area (Å²) in [5, 5.41) is 3.32. The first-order chi connectivity index (χ1) is 9.12. The van der Waals surface area contributed by atoms with Crippen LogP contribution in [0, 0.1) is 5.41 Å². The Balaban J connectivity index is 1.66. The Bertz CT molecular complexity index is 347. The molecule has 2 saturated heterocycles. The summed E-state index contributed by atoms with van der Waals surface area (Å²) < 4.78 is 0. The number of likely N-dealkylation sites (tertiary alicyclic amines) is 1. The predicted molar refractivity (Wildman–Crippen MR) is 76.0 cm³/mol. The maximum absolute atomic E-state index is 12.7. The molecule has 2 atom stereocenters. The van der Waals surface area contributed by atoms with Crippen molar-refractivity contribution >= 4 is 5.91 Å². The fourth-order valence-electron chi connectivity index (χ4n) is 3.63. The maximum atomic E-state index is 12.7. The molecule has 3 fully saturated rings. The number of nitrogens with one attached hydrogen (secondary N) is 1. The van der Waals surface area contributed by atoms with Crippen molar-refractivity contribution in [3.63, 3.8) is 0 Å². The molecule has 19 heavy (non-hydrogen) atoms. The van der Waals surface area contributed by atoms with Crippen LogP contribution in [-0.2, 0) is 4.79 Å². The van der Waals surface area contributed by atoms with Gasteiger partial charge in [0.05, 0.1) is 6.04 Å². The second-order valence-electron chi connectivity index (χ2n) is 6.80. The number of carbonyl (C=O) groups excluding carboxylic acids is 1. The monoisotopic (exact) mass is 265 g/mol. The third kappa shape index (κ3) is 2.52. The summed E-state index contributed by atoms with van der Waals surface area (Å²) in [4.78, 5) is 17.3. The van der Waals surface area contributed by atoms with Gasteiger partial charge in [-0.1, -0.05) is 6.92 Å². The van der Waals surface area contributed by atoms with E-state index in [0.717, 1.165) is 39.1 Å². The Hall–Kier alpha value is -0.610. The Kier molecular flexibility index (Phi) is 3.56. The number of hydrogen-bond donors (Lipinski definition) is 1. The van der Waals surface area contributed by atoms with E-state index in [9.17, 15) is 4.79 Å². The summed E-state index contributed by atoms with van der Waals surface area (Å²) in [6.07, 6.45) is 4.91. The molecule has 1 N–H and O–H groups in total. The SMILES string of the molecule is CC(N1CCCC1C(=O)N1CCNCC1)C1(C)CC1. The van der Waals surface area contributed by atoms with Gasteiger partial charge in [-0.25, -0.2) is 0 Å². The van der Waals surface area contributed by atoms with Gasteiger partial charge in [-0.05, 0) is 44.6 Å². The van der Waals surface area contributed by atoms with Crippen LogP contribution in [0.4, 0.5) is 0 Å². The van der Waals surface area contributed by atoms with Crippen molar-refractivity contribution in [2.75, 3.05) is 32.7 Å². The van der Waals surface area contributed by atoms with E-state index in [1.165, 1.54) is 19.3 Å². The number of rotatable bonds is 3. The molecule has 0 aromatic heterocycles. The van der Waals surface area contributed by atoms with Gasteiger partial charge in [-0.3, -0.25) is 9.69 Å². The minimum Gasteiger partial charge on any atom is -0.339 e. The summed E-state index contributed by atoms with van der Waals surface area (Å²) in [6.45, 7) is 9.49. The third-order valence-electron chi connectivity index (χ3n) is 5.55. The van der Waals surface area contributed by atoms with Crippen LogP contribution in [-0.4, -0.2) is 60.5 Å². The third-order valence-corrected chi connectivity index (χ3v) is 5.55. The molecule has 0 bridgehead atoms. The number of hydrogen-bond acceptors (Lipinski definition) is 3. The maximum Gasteiger partial charge on any atom is 0.240 e. The molecule has 0 aromatic rings. The van der Waals surface area contributed by atoms with Crippen molar-refractivity contribution in [1.29, 1.82) is 0 Å². The molecule has 4 nitrogen and oxygen atoms in total. The van der Waals surface area contributed by atoms with Crippen LogP contribution in [0.1, 0.15) is 39.5 Å². The van der Waals surface area contributed by atoms with Crippen molar-refractivity contribution in [2.24, 2.45) is 5.41 Å². The molecule has 1 amide bonds. The Morgan fingerprint density at radius 2 is 1.95 bits per heavy atom. The predicted octanol–water partition coefficient (Wildman–Crippen LogP) is 1.07. The average Bonchev–Trinajstić information content (AvgIpc) is 3.02. The summed E-state index contributed by atoms with van der Waals surface area (Å²) in [5.41, 5.74) is 0.478. The largest absolute Gasteiger partial charge is 0.339 e. The molecule has 0 radical (unpaired) electrons. The highest BCUT2D eigenvalue weighted by atomic mass is 16.2. The fraction of sp³-hybridized carbons (Fsp3) is 0.933. The molecule has 3 rings (SSSR count). The summed E-state index contributed by atoms with van der Waals surface area (Å²) >= 11 is 0. The highest BCUT2D eigenvalue weighted by Gasteiger charge is 2.48. The van der Waals surface area contributed by atoms with Crippen LogP contribution in [0.15, 0.2) is 0 Å². The van der Waals surface area contributed by atoms with E-state index in [-0.39, 0.29) is 6.04 Å². The van der Waals surface area contributed by atoms with Crippen LogP contribution in [0.3, 0.4) is 0 Å². The molecule has 1 aliphatic carbocycles. The number of nitrogens with zero attached hydrogens (tertiary/aromatic N) is 2. The average molecular weight is 265 g/mol. The van der Waals surface area contributed by atoms with Gasteiger partial charge < -0.3 is 10.2 Å². The van der Waals surface area contributed by atoms with Crippen LogP contribution >= 0.6 is 0 Å². The zero-order chi connectivity index (χ0) is 13.5. The smallest absolute Gasteiger partial charge is 0.240 e. The Labute approximate surface area is 116 Å². The lowest BCUT2D eigenvalue weighted by atomic mass is 9.98. The van der Waals surface area contributed by atoms with Crippen molar-refractivity contribution in [3.05, 3.63) is 0 Å². The summed E-state index contributed by atoms with van der Waals surface area (Å²) in [5.74, 6) is 0.384. The van der Waals surface area contributed by atoms with E-state index < -0.39 is 0 Å². The minimum absolute atomic E-state index is 0.158. The van der Waals surface area contributed by atoms with E-state index in [4.69, 9.17) is 0 Å². The molecule has 108 valence electrons. The van der Waals surface area contributed by atoms with Gasteiger partial charge in [0.25, 0.3) is 0 Å².